The van der Waals surface area contributed by atoms with E-state index in [4.69, 9.17) is 0 Å². The molecule has 0 unspecified atom stereocenters. The third-order valence-corrected chi connectivity index (χ3v) is 1.55. The molecule has 60 valence electrons. The number of nitrogens with zero attached hydrogens (tertiary/aromatic N) is 1. The Balaban J connectivity index is 3.29. The summed E-state index contributed by atoms with van der Waals surface area (Å²) < 4.78 is 0. The molecule has 0 radical (unpaired) electrons. The molecule has 0 saturated carbocycles. The molecular formula is C7H15BrN2. The predicted molar refractivity (Wildman–Crippen MR) is 49.2 cm³/mol. The van der Waals surface area contributed by atoms with Gasteiger partial charge < -0.3 is 0 Å². The van der Waals surface area contributed by atoms with Gasteiger partial charge in [0.05, 0.1) is 0 Å². The van der Waals surface area contributed by atoms with E-state index in [0.717, 1.165) is 25.0 Å². The smallest absolute Gasteiger partial charge is 0.0280 e. The van der Waals surface area contributed by atoms with Crippen LogP contribution < -0.4 is 5.43 Å². The minimum Gasteiger partial charge on any atom is -0.251 e. The highest BCUT2D eigenvalue weighted by molar-refractivity contribution is 9.09. The van der Waals surface area contributed by atoms with Crippen molar-refractivity contribution in [3.8, 4) is 0 Å². The van der Waals surface area contributed by atoms with Gasteiger partial charge in [0.25, 0.3) is 0 Å². The molecule has 0 aromatic heterocycles. The maximum absolute atomic E-state index is 3.63. The van der Waals surface area contributed by atoms with Gasteiger partial charge in [0.15, 0.2) is 0 Å². The second kappa shape index (κ2) is 7.25. The average Bonchev–Trinajstić information content (AvgIpc) is 1.98. The molecule has 0 aromatic rings. The molecule has 0 aliphatic rings. The lowest BCUT2D eigenvalue weighted by Crippen LogP contribution is -2.39. The van der Waals surface area contributed by atoms with Gasteiger partial charge in [-0.05, 0) is 0 Å². The van der Waals surface area contributed by atoms with Crippen molar-refractivity contribution in [1.29, 1.82) is 0 Å². The Morgan fingerprint density at radius 1 is 1.70 bits per heavy atom. The van der Waals surface area contributed by atoms with Crippen LogP contribution in [0.1, 0.15) is 6.92 Å². The van der Waals surface area contributed by atoms with E-state index in [0.29, 0.717) is 0 Å². The molecule has 0 atom stereocenters. The van der Waals surface area contributed by atoms with Crippen molar-refractivity contribution in [2.24, 2.45) is 0 Å². The van der Waals surface area contributed by atoms with Crippen molar-refractivity contribution in [2.45, 2.75) is 6.92 Å². The number of nitrogens with one attached hydrogen (secondary N) is 1. The fourth-order valence-electron chi connectivity index (χ4n) is 0.645. The van der Waals surface area contributed by atoms with Crippen LogP contribution in [0.3, 0.4) is 0 Å². The van der Waals surface area contributed by atoms with E-state index in [1.165, 1.54) is 0 Å². The lowest BCUT2D eigenvalue weighted by molar-refractivity contribution is 0.223. The zero-order valence-electron chi connectivity index (χ0n) is 6.44. The van der Waals surface area contributed by atoms with Gasteiger partial charge in [0.2, 0.25) is 0 Å². The predicted octanol–water partition coefficient (Wildman–Crippen LogP) is 1.39. The third kappa shape index (κ3) is 4.97. The summed E-state index contributed by atoms with van der Waals surface area (Å²) >= 11 is 3.38. The van der Waals surface area contributed by atoms with Crippen LogP contribution in [0.2, 0.25) is 0 Å². The van der Waals surface area contributed by atoms with Crippen molar-refractivity contribution < 1.29 is 0 Å². The molecule has 0 rings (SSSR count). The van der Waals surface area contributed by atoms with Crippen molar-refractivity contribution in [3.05, 3.63) is 12.7 Å². The van der Waals surface area contributed by atoms with Gasteiger partial charge in [-0.15, -0.1) is 6.58 Å². The molecule has 0 aliphatic carbocycles. The van der Waals surface area contributed by atoms with E-state index >= 15 is 0 Å². The first-order chi connectivity index (χ1) is 4.85. The summed E-state index contributed by atoms with van der Waals surface area (Å²) in [7, 11) is 0. The molecule has 0 heterocycles. The average molecular weight is 207 g/mol. The first kappa shape index (κ1) is 10.1. The summed E-state index contributed by atoms with van der Waals surface area (Å²) in [5, 5.41) is 3.15. The Labute approximate surface area is 71.4 Å². The number of rotatable bonds is 6. The Bertz CT molecular complexity index is 85.7. The topological polar surface area (TPSA) is 15.3 Å². The zero-order valence-corrected chi connectivity index (χ0v) is 8.02. The molecule has 0 spiro atoms. The lowest BCUT2D eigenvalue weighted by atomic mass is 10.6. The monoisotopic (exact) mass is 206 g/mol. The maximum Gasteiger partial charge on any atom is 0.0280 e. The third-order valence-electron chi connectivity index (χ3n) is 1.20. The molecule has 0 amide bonds. The van der Waals surface area contributed by atoms with Crippen LogP contribution in [0, 0.1) is 0 Å². The summed E-state index contributed by atoms with van der Waals surface area (Å²) in [4.78, 5) is 0. The quantitative estimate of drug-likeness (QED) is 0.402. The maximum atomic E-state index is 3.63. The van der Waals surface area contributed by atoms with Crippen LogP contribution in [-0.4, -0.2) is 30.0 Å². The van der Waals surface area contributed by atoms with E-state index in [1.54, 1.807) is 0 Å². The van der Waals surface area contributed by atoms with Crippen LogP contribution in [0.4, 0.5) is 0 Å². The van der Waals surface area contributed by atoms with Crippen LogP contribution in [0.5, 0.6) is 0 Å². The van der Waals surface area contributed by atoms with Gasteiger partial charge in [-0.1, -0.05) is 28.9 Å². The number of alkyl halides is 1. The summed E-state index contributed by atoms with van der Waals surface area (Å²) in [6.07, 6.45) is 1.86. The van der Waals surface area contributed by atoms with Gasteiger partial charge in [-0.3, -0.25) is 5.43 Å². The lowest BCUT2D eigenvalue weighted by Gasteiger charge is -2.18. The van der Waals surface area contributed by atoms with Gasteiger partial charge in [-0.25, -0.2) is 5.01 Å². The second-order valence-electron chi connectivity index (χ2n) is 1.92. The number of halogens is 1. The number of hydrazine groups is 1. The van der Waals surface area contributed by atoms with E-state index in [-0.39, 0.29) is 0 Å². The Morgan fingerprint density at radius 2 is 2.40 bits per heavy atom. The summed E-state index contributed by atoms with van der Waals surface area (Å²) in [5.74, 6) is 0. The van der Waals surface area contributed by atoms with Crippen LogP contribution in [0.25, 0.3) is 0 Å². The molecule has 3 heteroatoms. The molecule has 0 fully saturated rings. The van der Waals surface area contributed by atoms with Crippen molar-refractivity contribution in [1.82, 2.24) is 10.4 Å². The highest BCUT2D eigenvalue weighted by Crippen LogP contribution is 1.85. The first-order valence-corrected chi connectivity index (χ1v) is 4.62. The van der Waals surface area contributed by atoms with Gasteiger partial charge in [0.1, 0.15) is 0 Å². The summed E-state index contributed by atoms with van der Waals surface area (Å²) in [6, 6.07) is 0. The number of hydrogen-bond donors (Lipinski definition) is 1. The second-order valence-corrected chi connectivity index (χ2v) is 2.71. The highest BCUT2D eigenvalue weighted by Gasteiger charge is 1.95. The van der Waals surface area contributed by atoms with Gasteiger partial charge >= 0.3 is 0 Å². The van der Waals surface area contributed by atoms with Crippen molar-refractivity contribution in [3.63, 3.8) is 0 Å². The normalized spacial score (nSPS) is 10.3. The van der Waals surface area contributed by atoms with Gasteiger partial charge in [0, 0.05) is 25.0 Å². The zero-order chi connectivity index (χ0) is 7.82. The highest BCUT2D eigenvalue weighted by atomic mass is 79.9. The summed E-state index contributed by atoms with van der Waals surface area (Å²) in [5.41, 5.74) is 3.21. The first-order valence-electron chi connectivity index (χ1n) is 3.50. The molecular weight excluding hydrogens is 192 g/mol. The fraction of sp³-hybridized carbons (Fsp3) is 0.714. The minimum absolute atomic E-state index is 0.848. The molecule has 0 saturated heterocycles. The standard InChI is InChI=1S/C7H15BrN2/c1-3-6-9-10(4-2)7-5-8/h3,9H,1,4-7H2,2H3. The largest absolute Gasteiger partial charge is 0.251 e. The van der Waals surface area contributed by atoms with E-state index in [9.17, 15) is 0 Å². The number of hydrogen-bond acceptors (Lipinski definition) is 2. The van der Waals surface area contributed by atoms with E-state index < -0.39 is 0 Å². The van der Waals surface area contributed by atoms with Crippen LogP contribution in [0.15, 0.2) is 12.7 Å². The molecule has 0 bridgehead atoms. The van der Waals surface area contributed by atoms with Crippen molar-refractivity contribution in [2.75, 3.05) is 25.0 Å². The van der Waals surface area contributed by atoms with Crippen molar-refractivity contribution >= 4 is 15.9 Å². The molecule has 2 nitrogen and oxygen atoms in total. The van der Waals surface area contributed by atoms with Gasteiger partial charge in [-0.2, -0.15) is 0 Å². The molecule has 0 aromatic carbocycles. The molecule has 10 heavy (non-hydrogen) atoms. The SMILES string of the molecule is C=CCNN(CC)CCBr. The summed E-state index contributed by atoms with van der Waals surface area (Å²) in [6.45, 7) is 8.66. The Kier molecular flexibility index (Phi) is 7.35. The minimum atomic E-state index is 0.848. The van der Waals surface area contributed by atoms with Crippen LogP contribution in [-0.2, 0) is 0 Å². The van der Waals surface area contributed by atoms with E-state index in [2.05, 4.69) is 39.9 Å². The van der Waals surface area contributed by atoms with Crippen LogP contribution >= 0.6 is 15.9 Å². The molecule has 0 aliphatic heterocycles. The van der Waals surface area contributed by atoms with E-state index in [1.807, 2.05) is 6.08 Å². The Hall–Kier alpha value is 0.140. The molecule has 1 N–H and O–H groups in total. The Morgan fingerprint density at radius 3 is 2.80 bits per heavy atom. The fourth-order valence-corrected chi connectivity index (χ4v) is 1.07.